The summed E-state index contributed by atoms with van der Waals surface area (Å²) in [6.07, 6.45) is 1.35. The third-order valence-electron chi connectivity index (χ3n) is 1.55. The Morgan fingerprint density at radius 3 is 2.50 bits per heavy atom. The van der Waals surface area contributed by atoms with E-state index in [1.54, 1.807) is 0 Å². The third kappa shape index (κ3) is 1.18. The Morgan fingerprint density at radius 1 is 1.42 bits per heavy atom. The van der Waals surface area contributed by atoms with Crippen molar-refractivity contribution < 1.29 is 19.5 Å². The molecule has 1 N–H and O–H groups in total. The first-order valence-corrected chi connectivity index (χ1v) is 3.24. The van der Waals surface area contributed by atoms with Gasteiger partial charge in [-0.2, -0.15) is 0 Å². The molecule has 0 aromatic carbocycles. The molecule has 1 aliphatic carbocycles. The van der Waals surface area contributed by atoms with Gasteiger partial charge in [-0.25, -0.2) is 4.79 Å². The largest absolute Gasteiger partial charge is 0.478 e. The van der Waals surface area contributed by atoms with Gasteiger partial charge in [-0.3, -0.25) is 9.59 Å². The lowest BCUT2D eigenvalue weighted by atomic mass is 9.93. The van der Waals surface area contributed by atoms with Gasteiger partial charge < -0.3 is 5.11 Å². The zero-order valence-corrected chi connectivity index (χ0v) is 6.16. The highest BCUT2D eigenvalue weighted by molar-refractivity contribution is 6.54. The molecule has 62 valence electrons. The molecule has 1 aliphatic rings. The summed E-state index contributed by atoms with van der Waals surface area (Å²) in [6, 6.07) is 0. The van der Waals surface area contributed by atoms with Crippen molar-refractivity contribution in [1.29, 1.82) is 0 Å². The van der Waals surface area contributed by atoms with Gasteiger partial charge >= 0.3 is 5.97 Å². The van der Waals surface area contributed by atoms with Crippen molar-refractivity contribution in [2.24, 2.45) is 0 Å². The van der Waals surface area contributed by atoms with Crippen LogP contribution in [0.25, 0.3) is 0 Å². The van der Waals surface area contributed by atoms with Crippen LogP contribution >= 0.6 is 0 Å². The molecule has 0 amide bonds. The number of carboxylic acids is 1. The van der Waals surface area contributed by atoms with Crippen LogP contribution in [0.5, 0.6) is 0 Å². The maximum Gasteiger partial charge on any atom is 0.339 e. The summed E-state index contributed by atoms with van der Waals surface area (Å²) in [6.45, 7) is 3.33. The molecule has 4 heteroatoms. The van der Waals surface area contributed by atoms with Crippen molar-refractivity contribution in [3.8, 4) is 0 Å². The molecule has 0 aromatic heterocycles. The Labute approximate surface area is 68.2 Å². The lowest BCUT2D eigenvalue weighted by Crippen LogP contribution is -2.25. The molecule has 1 rings (SSSR count). The standard InChI is InChI=1S/C8H6O4/c1-4-2-3-5(8(11)12)7(10)6(4)9/h3H,1-2H2,(H,11,12). The number of carbonyl (C=O) groups is 3. The van der Waals surface area contributed by atoms with Gasteiger partial charge in [0.15, 0.2) is 0 Å². The van der Waals surface area contributed by atoms with Gasteiger partial charge in [0.1, 0.15) is 5.57 Å². The number of ketones is 2. The number of hydrogen-bond acceptors (Lipinski definition) is 3. The van der Waals surface area contributed by atoms with Crippen molar-refractivity contribution >= 4 is 17.5 Å². The first-order chi connectivity index (χ1) is 5.54. The van der Waals surface area contributed by atoms with Crippen LogP contribution in [0.15, 0.2) is 23.8 Å². The molecule has 0 aromatic rings. The predicted octanol–water partition coefficient (Wildman–Crippen LogP) is 0.0955. The normalized spacial score (nSPS) is 17.7. The van der Waals surface area contributed by atoms with E-state index in [1.807, 2.05) is 0 Å². The fourth-order valence-corrected chi connectivity index (χ4v) is 0.878. The number of carbonyl (C=O) groups excluding carboxylic acids is 2. The average molecular weight is 166 g/mol. The van der Waals surface area contributed by atoms with Crippen molar-refractivity contribution in [1.82, 2.24) is 0 Å². The van der Waals surface area contributed by atoms with Gasteiger partial charge in [0.2, 0.25) is 11.6 Å². The van der Waals surface area contributed by atoms with Crippen molar-refractivity contribution in [3.05, 3.63) is 23.8 Å². The fourth-order valence-electron chi connectivity index (χ4n) is 0.878. The Morgan fingerprint density at radius 2 is 2.00 bits per heavy atom. The number of rotatable bonds is 1. The molecule has 0 fully saturated rings. The fraction of sp³-hybridized carbons (Fsp3) is 0.125. The van der Waals surface area contributed by atoms with E-state index in [1.165, 1.54) is 6.08 Å². The molecule has 12 heavy (non-hydrogen) atoms. The lowest BCUT2D eigenvalue weighted by molar-refractivity contribution is -0.138. The molecule has 0 unspecified atom stereocenters. The maximum atomic E-state index is 10.9. The van der Waals surface area contributed by atoms with Gasteiger partial charge in [-0.15, -0.1) is 0 Å². The highest BCUT2D eigenvalue weighted by Crippen LogP contribution is 2.14. The van der Waals surface area contributed by atoms with Crippen LogP contribution in [0, 0.1) is 0 Å². The smallest absolute Gasteiger partial charge is 0.339 e. The Bertz CT molecular complexity index is 322. The molecule has 0 radical (unpaired) electrons. The highest BCUT2D eigenvalue weighted by Gasteiger charge is 2.29. The molecule has 0 heterocycles. The Balaban J connectivity index is 3.08. The second-order valence-electron chi connectivity index (χ2n) is 2.39. The second kappa shape index (κ2) is 2.73. The summed E-state index contributed by atoms with van der Waals surface area (Å²) in [5.41, 5.74) is -0.308. The lowest BCUT2D eigenvalue weighted by Gasteiger charge is -2.07. The summed E-state index contributed by atoms with van der Waals surface area (Å²) >= 11 is 0. The van der Waals surface area contributed by atoms with Gasteiger partial charge in [-0.1, -0.05) is 12.7 Å². The minimum absolute atomic E-state index is 0.144. The molecular formula is C8H6O4. The highest BCUT2D eigenvalue weighted by atomic mass is 16.4. The molecule has 0 saturated heterocycles. The van der Waals surface area contributed by atoms with E-state index in [2.05, 4.69) is 6.58 Å². The van der Waals surface area contributed by atoms with Crippen molar-refractivity contribution in [2.45, 2.75) is 6.42 Å². The van der Waals surface area contributed by atoms with Crippen molar-refractivity contribution in [2.75, 3.05) is 0 Å². The molecule has 0 saturated carbocycles. The first-order valence-electron chi connectivity index (χ1n) is 3.24. The monoisotopic (exact) mass is 166 g/mol. The first kappa shape index (κ1) is 8.39. The topological polar surface area (TPSA) is 71.4 Å². The Hall–Kier alpha value is -1.71. The number of aliphatic carboxylic acids is 1. The van der Waals surface area contributed by atoms with E-state index in [-0.39, 0.29) is 12.0 Å². The van der Waals surface area contributed by atoms with Crippen molar-refractivity contribution in [3.63, 3.8) is 0 Å². The summed E-state index contributed by atoms with van der Waals surface area (Å²) in [7, 11) is 0. The number of allylic oxidation sites excluding steroid dienone is 2. The summed E-state index contributed by atoms with van der Waals surface area (Å²) in [4.78, 5) is 32.2. The van der Waals surface area contributed by atoms with Crippen LogP contribution in [-0.4, -0.2) is 22.6 Å². The maximum absolute atomic E-state index is 10.9. The zero-order chi connectivity index (χ0) is 9.30. The third-order valence-corrected chi connectivity index (χ3v) is 1.55. The molecule has 4 nitrogen and oxygen atoms in total. The minimum Gasteiger partial charge on any atom is -0.478 e. The van der Waals surface area contributed by atoms with E-state index >= 15 is 0 Å². The van der Waals surface area contributed by atoms with E-state index in [0.717, 1.165) is 0 Å². The molecule has 0 bridgehead atoms. The van der Waals surface area contributed by atoms with Crippen LogP contribution < -0.4 is 0 Å². The quantitative estimate of drug-likeness (QED) is 0.340. The predicted molar refractivity (Wildman–Crippen MR) is 39.5 cm³/mol. The van der Waals surface area contributed by atoms with E-state index in [4.69, 9.17) is 5.11 Å². The number of Topliss-reactive ketones (excluding diaryl/α,β-unsaturated/α-hetero) is 2. The summed E-state index contributed by atoms with van der Waals surface area (Å²) < 4.78 is 0. The summed E-state index contributed by atoms with van der Waals surface area (Å²) in [5, 5.41) is 8.44. The average Bonchev–Trinajstić information content (AvgIpc) is 2.00. The van der Waals surface area contributed by atoms with Crippen LogP contribution in [0.3, 0.4) is 0 Å². The van der Waals surface area contributed by atoms with E-state index in [9.17, 15) is 14.4 Å². The number of hydrogen-bond donors (Lipinski definition) is 1. The van der Waals surface area contributed by atoms with E-state index in [0.29, 0.717) is 0 Å². The summed E-state index contributed by atoms with van der Waals surface area (Å²) in [5.74, 6) is -3.13. The Kier molecular flexibility index (Phi) is 1.91. The van der Waals surface area contributed by atoms with Gasteiger partial charge in [-0.05, 0) is 6.42 Å². The van der Waals surface area contributed by atoms with Crippen LogP contribution in [0.2, 0.25) is 0 Å². The van der Waals surface area contributed by atoms with Crippen LogP contribution in [0.4, 0.5) is 0 Å². The van der Waals surface area contributed by atoms with Crippen LogP contribution in [-0.2, 0) is 14.4 Å². The van der Waals surface area contributed by atoms with Crippen LogP contribution in [0.1, 0.15) is 6.42 Å². The van der Waals surface area contributed by atoms with Gasteiger partial charge in [0.05, 0.1) is 0 Å². The molecule has 0 aliphatic heterocycles. The second-order valence-corrected chi connectivity index (χ2v) is 2.39. The van der Waals surface area contributed by atoms with Gasteiger partial charge in [0, 0.05) is 5.57 Å². The number of carboxylic acid groups (broad SMARTS) is 1. The molecular weight excluding hydrogens is 160 g/mol. The molecule has 0 atom stereocenters. The zero-order valence-electron chi connectivity index (χ0n) is 6.16. The molecule has 0 spiro atoms. The minimum atomic E-state index is -1.36. The van der Waals surface area contributed by atoms with Gasteiger partial charge in [0.25, 0.3) is 0 Å². The van der Waals surface area contributed by atoms with E-state index < -0.39 is 23.1 Å². The SMILES string of the molecule is C=C1CC=C(C(=O)O)C(=O)C1=O.